The van der Waals surface area contributed by atoms with Gasteiger partial charge >= 0.3 is 0 Å². The summed E-state index contributed by atoms with van der Waals surface area (Å²) in [6.07, 6.45) is 9.58. The molecule has 9 heteroatoms. The first kappa shape index (κ1) is 30.9. The van der Waals surface area contributed by atoms with Gasteiger partial charge in [-0.25, -0.2) is 8.42 Å². The zero-order valence-electron chi connectivity index (χ0n) is 25.2. The van der Waals surface area contributed by atoms with Crippen LogP contribution in [0.1, 0.15) is 75.3 Å². The Morgan fingerprint density at radius 2 is 2.00 bits per heavy atom. The number of hydrogen-bond acceptors (Lipinski definition) is 6. The van der Waals surface area contributed by atoms with Crippen LogP contribution in [0, 0.1) is 23.7 Å². The van der Waals surface area contributed by atoms with Crippen molar-refractivity contribution < 1.29 is 23.4 Å². The molecule has 3 N–H and O–H groups in total. The predicted molar refractivity (Wildman–Crippen MR) is 171 cm³/mol. The number of hydrogen-bond donors (Lipinski definition) is 3. The first-order valence-electron chi connectivity index (χ1n) is 15.9. The lowest BCUT2D eigenvalue weighted by Gasteiger charge is -2.46. The summed E-state index contributed by atoms with van der Waals surface area (Å²) < 4.78 is 35.8. The third-order valence-corrected chi connectivity index (χ3v) is 13.0. The third-order valence-electron chi connectivity index (χ3n) is 10.8. The quantitative estimate of drug-likeness (QED) is 0.367. The van der Waals surface area contributed by atoms with Crippen LogP contribution in [0.5, 0.6) is 5.75 Å². The summed E-state index contributed by atoms with van der Waals surface area (Å²) in [5.41, 5.74) is 3.75. The summed E-state index contributed by atoms with van der Waals surface area (Å²) in [6.45, 7) is 5.90. The number of ether oxygens (including phenoxy) is 1. The molecular formula is C34H45ClN2O5S. The van der Waals surface area contributed by atoms with Crippen molar-refractivity contribution in [1.29, 1.82) is 0 Å². The summed E-state index contributed by atoms with van der Waals surface area (Å²) in [4.78, 5) is 2.43. The topological polar surface area (TPSA) is 99.1 Å². The van der Waals surface area contributed by atoms with E-state index in [9.17, 15) is 18.6 Å². The lowest BCUT2D eigenvalue weighted by atomic mass is 9.65. The summed E-state index contributed by atoms with van der Waals surface area (Å²) in [5.74, 6) is 1.76. The standard InChI is InChI=1S/C34H45ClN2O5S/c1-22-5-3-6-24(14-16-38)29-11-8-27(29)19-37-20-34(15-4-7-25-17-28(35)10-12-30(25)34)21-42-32-13-9-26(18-31(32)37)33(39)36-43(40,41)23(22)2/h3,6,9-10,12-13,17-18,22-24,27,29,33,36,38-39H,4-5,7-8,11,14-16,19-21H2,1-2H3/b6-3+/t22-,23+,24?,27-,29-,33?,34-/m0/s1. The molecule has 4 aliphatic rings. The Labute approximate surface area is 261 Å². The van der Waals surface area contributed by atoms with Crippen molar-refractivity contribution in [3.8, 4) is 5.75 Å². The number of aliphatic hydroxyl groups excluding tert-OH is 2. The van der Waals surface area contributed by atoms with E-state index in [2.05, 4.69) is 33.9 Å². The van der Waals surface area contributed by atoms with Crippen molar-refractivity contribution >= 4 is 27.3 Å². The fraction of sp³-hybridized carbons (Fsp3) is 0.588. The second kappa shape index (κ2) is 12.4. The van der Waals surface area contributed by atoms with Crippen molar-refractivity contribution in [3.63, 3.8) is 0 Å². The molecule has 1 saturated carbocycles. The van der Waals surface area contributed by atoms with Gasteiger partial charge in [0.1, 0.15) is 12.0 Å². The molecule has 2 aliphatic carbocycles. The number of fused-ring (bicyclic) bond motifs is 4. The van der Waals surface area contributed by atoms with Gasteiger partial charge in [0.15, 0.2) is 0 Å². The number of aliphatic hydroxyl groups is 2. The van der Waals surface area contributed by atoms with Crippen molar-refractivity contribution in [1.82, 2.24) is 4.72 Å². The Morgan fingerprint density at radius 1 is 1.16 bits per heavy atom. The van der Waals surface area contributed by atoms with Crippen LogP contribution >= 0.6 is 11.6 Å². The maximum absolute atomic E-state index is 13.3. The molecule has 2 aromatic rings. The normalized spacial score (nSPS) is 34.7. The van der Waals surface area contributed by atoms with Gasteiger partial charge in [0.2, 0.25) is 10.0 Å². The van der Waals surface area contributed by atoms with Crippen LogP contribution in [0.2, 0.25) is 5.02 Å². The van der Waals surface area contributed by atoms with E-state index in [0.717, 1.165) is 61.7 Å². The maximum atomic E-state index is 13.3. The number of benzene rings is 2. The molecule has 0 saturated heterocycles. The Morgan fingerprint density at radius 3 is 2.77 bits per heavy atom. The minimum Gasteiger partial charge on any atom is -0.490 e. The summed E-state index contributed by atoms with van der Waals surface area (Å²) in [5, 5.41) is 21.2. The van der Waals surface area contributed by atoms with E-state index in [-0.39, 0.29) is 23.9 Å². The summed E-state index contributed by atoms with van der Waals surface area (Å²) in [6, 6.07) is 11.8. The molecule has 2 bridgehead atoms. The molecule has 2 aromatic carbocycles. The second-order valence-electron chi connectivity index (χ2n) is 13.4. The lowest BCUT2D eigenvalue weighted by molar-refractivity contribution is 0.111. The molecular weight excluding hydrogens is 584 g/mol. The van der Waals surface area contributed by atoms with E-state index in [0.29, 0.717) is 36.8 Å². The van der Waals surface area contributed by atoms with E-state index in [4.69, 9.17) is 16.3 Å². The van der Waals surface area contributed by atoms with Crippen molar-refractivity contribution in [2.24, 2.45) is 23.7 Å². The molecule has 0 aromatic heterocycles. The average Bonchev–Trinajstić information content (AvgIpc) is 3.11. The summed E-state index contributed by atoms with van der Waals surface area (Å²) >= 11 is 6.42. The maximum Gasteiger partial charge on any atom is 0.216 e. The number of allylic oxidation sites excluding steroid dienone is 2. The van der Waals surface area contributed by atoms with Crippen molar-refractivity contribution in [3.05, 3.63) is 70.3 Å². The smallest absolute Gasteiger partial charge is 0.216 e. The molecule has 43 heavy (non-hydrogen) atoms. The number of sulfonamides is 1. The van der Waals surface area contributed by atoms with E-state index in [1.165, 1.54) is 11.1 Å². The fourth-order valence-electron chi connectivity index (χ4n) is 7.87. The van der Waals surface area contributed by atoms with Gasteiger partial charge in [-0.2, -0.15) is 4.72 Å². The molecule has 1 fully saturated rings. The van der Waals surface area contributed by atoms with Gasteiger partial charge in [-0.1, -0.05) is 42.8 Å². The van der Waals surface area contributed by atoms with E-state index < -0.39 is 21.5 Å². The van der Waals surface area contributed by atoms with Gasteiger partial charge in [-0.15, -0.1) is 0 Å². The Hall–Kier alpha value is -2.10. The lowest BCUT2D eigenvalue weighted by Crippen LogP contribution is -2.49. The minimum atomic E-state index is -3.80. The van der Waals surface area contributed by atoms with Crippen LogP contribution < -0.4 is 14.4 Å². The van der Waals surface area contributed by atoms with Gasteiger partial charge < -0.3 is 19.8 Å². The molecule has 6 rings (SSSR count). The highest BCUT2D eigenvalue weighted by Gasteiger charge is 2.44. The Balaban J connectivity index is 1.42. The van der Waals surface area contributed by atoms with Crippen LogP contribution in [0.3, 0.4) is 0 Å². The number of rotatable bonds is 2. The van der Waals surface area contributed by atoms with Crippen LogP contribution in [0.4, 0.5) is 5.69 Å². The molecule has 0 radical (unpaired) electrons. The van der Waals surface area contributed by atoms with Gasteiger partial charge in [0.25, 0.3) is 0 Å². The highest BCUT2D eigenvalue weighted by Crippen LogP contribution is 2.48. The Bertz CT molecular complexity index is 1460. The second-order valence-corrected chi connectivity index (χ2v) is 15.9. The van der Waals surface area contributed by atoms with E-state index >= 15 is 0 Å². The zero-order chi connectivity index (χ0) is 30.4. The molecule has 1 spiro atoms. The molecule has 2 unspecified atom stereocenters. The average molecular weight is 629 g/mol. The van der Waals surface area contributed by atoms with Gasteiger partial charge in [0, 0.05) is 30.1 Å². The monoisotopic (exact) mass is 628 g/mol. The van der Waals surface area contributed by atoms with Crippen molar-refractivity contribution in [2.75, 3.05) is 31.2 Å². The molecule has 7 atom stereocenters. The summed E-state index contributed by atoms with van der Waals surface area (Å²) in [7, 11) is -3.80. The molecule has 234 valence electrons. The highest BCUT2D eigenvalue weighted by molar-refractivity contribution is 7.90. The van der Waals surface area contributed by atoms with Gasteiger partial charge in [-0.05, 0) is 116 Å². The molecule has 0 amide bonds. The number of anilines is 1. The fourth-order valence-corrected chi connectivity index (χ4v) is 9.45. The molecule has 2 aliphatic heterocycles. The van der Waals surface area contributed by atoms with Crippen LogP contribution in [-0.4, -0.2) is 50.2 Å². The molecule has 2 heterocycles. The molecule has 7 nitrogen and oxygen atoms in total. The first-order chi connectivity index (χ1) is 20.6. The van der Waals surface area contributed by atoms with Crippen LogP contribution in [0.25, 0.3) is 0 Å². The van der Waals surface area contributed by atoms with Crippen LogP contribution in [-0.2, 0) is 21.9 Å². The van der Waals surface area contributed by atoms with Gasteiger partial charge in [-0.3, -0.25) is 0 Å². The number of halogens is 1. The predicted octanol–water partition coefficient (Wildman–Crippen LogP) is 5.73. The zero-order valence-corrected chi connectivity index (χ0v) is 26.8. The van der Waals surface area contributed by atoms with E-state index in [1.807, 2.05) is 25.1 Å². The first-order valence-corrected chi connectivity index (χ1v) is 17.8. The number of nitrogens with zero attached hydrogens (tertiary/aromatic N) is 1. The number of nitrogens with one attached hydrogen (secondary N) is 1. The van der Waals surface area contributed by atoms with E-state index in [1.54, 1.807) is 13.0 Å². The van der Waals surface area contributed by atoms with Crippen LogP contribution in [0.15, 0.2) is 48.6 Å². The van der Waals surface area contributed by atoms with Gasteiger partial charge in [0.05, 0.1) is 17.5 Å². The minimum absolute atomic E-state index is 0.132. The largest absolute Gasteiger partial charge is 0.490 e. The SMILES string of the molecule is C[C@@H]1[C@@H](C)C/C=C/C(CCO)[C@@H]2CC[C@H]2CN2C[C@@]3(CCCc4cc(Cl)ccc43)COc3ccc(cc32)C(O)NS1(=O)=O. The third kappa shape index (κ3) is 6.10. The highest BCUT2D eigenvalue weighted by atomic mass is 35.5. The number of aryl methyl sites for hydroxylation is 1. The van der Waals surface area contributed by atoms with Crippen molar-refractivity contribution in [2.45, 2.75) is 75.7 Å². The Kier molecular flexibility index (Phi) is 8.88.